The lowest BCUT2D eigenvalue weighted by Gasteiger charge is -2.27. The van der Waals surface area contributed by atoms with Crippen LogP contribution < -0.4 is 15.5 Å². The van der Waals surface area contributed by atoms with E-state index in [-0.39, 0.29) is 16.5 Å². The highest BCUT2D eigenvalue weighted by Crippen LogP contribution is 2.47. The van der Waals surface area contributed by atoms with Crippen LogP contribution in [0.4, 0.5) is 10.1 Å². The number of halogens is 1. The van der Waals surface area contributed by atoms with Crippen LogP contribution in [0.1, 0.15) is 6.42 Å². The first-order valence-electron chi connectivity index (χ1n) is 13.3. The molecular weight excluding hydrogens is 537 g/mol. The summed E-state index contributed by atoms with van der Waals surface area (Å²) in [5.41, 5.74) is 2.54. The van der Waals surface area contributed by atoms with Crippen molar-refractivity contribution in [1.29, 1.82) is 0 Å². The number of aryl methyl sites for hydroxylation is 1. The van der Waals surface area contributed by atoms with E-state index < -0.39 is 5.82 Å². The highest BCUT2D eigenvalue weighted by atomic mass is 32.1. The van der Waals surface area contributed by atoms with Crippen LogP contribution in [0, 0.1) is 5.82 Å². The molecule has 1 aliphatic rings. The van der Waals surface area contributed by atoms with Crippen molar-refractivity contribution in [2.24, 2.45) is 0 Å². The molecule has 0 unspecified atom stereocenters. The molecule has 0 saturated heterocycles. The normalized spacial score (nSPS) is 12.1. The predicted octanol–water partition coefficient (Wildman–Crippen LogP) is 7.36. The molecule has 0 amide bonds. The molecule has 1 N–H and O–H groups in total. The smallest absolute Gasteiger partial charge is 0.199 e. The number of nitrogens with zero attached hydrogens (tertiary/aromatic N) is 4. The molecule has 0 atom stereocenters. The molecule has 4 aromatic carbocycles. The number of para-hydroxylation sites is 1. The minimum Gasteiger partial charge on any atom is -0.451 e. The van der Waals surface area contributed by atoms with E-state index in [0.29, 0.717) is 34.1 Å². The van der Waals surface area contributed by atoms with E-state index in [1.807, 2.05) is 82.2 Å². The van der Waals surface area contributed by atoms with Crippen LogP contribution >= 0.6 is 11.3 Å². The summed E-state index contributed by atoms with van der Waals surface area (Å²) >= 11 is 1.45. The van der Waals surface area contributed by atoms with E-state index in [9.17, 15) is 4.79 Å². The van der Waals surface area contributed by atoms with Gasteiger partial charge in [0.25, 0.3) is 0 Å². The average molecular weight is 560 g/mol. The monoisotopic (exact) mass is 559 g/mol. The van der Waals surface area contributed by atoms with Crippen molar-refractivity contribution >= 4 is 48.9 Å². The molecule has 7 nitrogen and oxygen atoms in total. The Kier molecular flexibility index (Phi) is 5.39. The van der Waals surface area contributed by atoms with E-state index in [4.69, 9.17) is 9.72 Å². The van der Waals surface area contributed by atoms with E-state index >= 15 is 4.39 Å². The first kappa shape index (κ1) is 23.8. The van der Waals surface area contributed by atoms with Gasteiger partial charge in [0.05, 0.1) is 33.2 Å². The molecule has 0 radical (unpaired) electrons. The molecule has 41 heavy (non-hydrogen) atoms. The molecule has 200 valence electrons. The summed E-state index contributed by atoms with van der Waals surface area (Å²) in [6.07, 6.45) is 7.97. The van der Waals surface area contributed by atoms with Crippen molar-refractivity contribution in [3.8, 4) is 27.8 Å². The van der Waals surface area contributed by atoms with Crippen molar-refractivity contribution in [3.63, 3.8) is 0 Å². The van der Waals surface area contributed by atoms with Gasteiger partial charge in [0.15, 0.2) is 22.7 Å². The summed E-state index contributed by atoms with van der Waals surface area (Å²) in [5, 5.41) is 6.08. The highest BCUT2D eigenvalue weighted by molar-refractivity contribution is 7.21. The number of anilines is 1. The van der Waals surface area contributed by atoms with E-state index in [2.05, 4.69) is 10.3 Å². The quantitative estimate of drug-likeness (QED) is 0.216. The summed E-state index contributed by atoms with van der Waals surface area (Å²) in [7, 11) is 0. The summed E-state index contributed by atoms with van der Waals surface area (Å²) < 4.78 is 27.2. The Bertz CT molecular complexity index is 2150. The molecule has 0 spiro atoms. The van der Waals surface area contributed by atoms with Crippen molar-refractivity contribution in [2.45, 2.75) is 13.0 Å². The van der Waals surface area contributed by atoms with Crippen LogP contribution in [0.25, 0.3) is 48.2 Å². The van der Waals surface area contributed by atoms with Gasteiger partial charge < -0.3 is 19.2 Å². The van der Waals surface area contributed by atoms with Gasteiger partial charge in [-0.1, -0.05) is 42.5 Å². The van der Waals surface area contributed by atoms with Gasteiger partial charge in [-0.3, -0.25) is 4.79 Å². The Morgan fingerprint density at radius 3 is 2.78 bits per heavy atom. The van der Waals surface area contributed by atoms with Crippen LogP contribution in [0.15, 0.2) is 96.4 Å². The Balaban J connectivity index is 1.35. The molecule has 1 aliphatic heterocycles. The Morgan fingerprint density at radius 2 is 1.90 bits per heavy atom. The zero-order chi connectivity index (χ0) is 27.5. The number of hydrogen-bond donors (Lipinski definition) is 1. The molecule has 0 bridgehead atoms. The minimum atomic E-state index is -0.538. The van der Waals surface area contributed by atoms with Crippen molar-refractivity contribution in [3.05, 3.63) is 108 Å². The fourth-order valence-corrected chi connectivity index (χ4v) is 6.55. The molecular formula is C32H22FN5O2S. The Labute approximate surface area is 237 Å². The minimum absolute atomic E-state index is 0.239. The molecule has 4 heterocycles. The Morgan fingerprint density at radius 1 is 1.02 bits per heavy atom. The molecule has 3 aromatic heterocycles. The van der Waals surface area contributed by atoms with Crippen LogP contribution in [0.2, 0.25) is 0 Å². The molecule has 0 saturated carbocycles. The lowest BCUT2D eigenvalue weighted by atomic mass is 10.0. The van der Waals surface area contributed by atoms with Crippen molar-refractivity contribution in [1.82, 2.24) is 19.1 Å². The van der Waals surface area contributed by atoms with Gasteiger partial charge in [0.1, 0.15) is 16.2 Å². The van der Waals surface area contributed by atoms with Crippen molar-refractivity contribution in [2.75, 3.05) is 11.9 Å². The van der Waals surface area contributed by atoms with Gasteiger partial charge >= 0.3 is 0 Å². The molecule has 0 aliphatic carbocycles. The second kappa shape index (κ2) is 9.28. The Hall–Kier alpha value is -5.02. The summed E-state index contributed by atoms with van der Waals surface area (Å²) in [5.74, 6) is 0.353. The largest absolute Gasteiger partial charge is 0.451 e. The maximum Gasteiger partial charge on any atom is 0.199 e. The number of benzene rings is 4. The van der Waals surface area contributed by atoms with Gasteiger partial charge in [-0.25, -0.2) is 14.4 Å². The first-order valence-corrected chi connectivity index (χ1v) is 14.1. The number of ether oxygens (including phenoxy) is 1. The molecule has 0 fully saturated rings. The zero-order valence-corrected chi connectivity index (χ0v) is 22.5. The maximum atomic E-state index is 15.8. The third-order valence-corrected chi connectivity index (χ3v) is 8.56. The second-order valence-electron chi connectivity index (χ2n) is 10.0. The fraction of sp³-hybridized carbons (Fsp3) is 0.0938. The zero-order valence-electron chi connectivity index (χ0n) is 21.7. The maximum absolute atomic E-state index is 15.8. The van der Waals surface area contributed by atoms with Gasteiger partial charge in [-0.15, -0.1) is 11.3 Å². The van der Waals surface area contributed by atoms with Gasteiger partial charge in [-0.2, -0.15) is 0 Å². The second-order valence-corrected chi connectivity index (χ2v) is 11.0. The lowest BCUT2D eigenvalue weighted by Crippen LogP contribution is -2.17. The average Bonchev–Trinajstić information content (AvgIpc) is 3.67. The predicted molar refractivity (Wildman–Crippen MR) is 161 cm³/mol. The van der Waals surface area contributed by atoms with Crippen LogP contribution in [-0.2, 0) is 6.54 Å². The first-order chi connectivity index (χ1) is 20.2. The van der Waals surface area contributed by atoms with Crippen LogP contribution in [0.3, 0.4) is 0 Å². The topological polar surface area (TPSA) is 74.0 Å². The summed E-state index contributed by atoms with van der Waals surface area (Å²) in [4.78, 5) is 22.8. The number of fused-ring (bicyclic) bond motifs is 5. The van der Waals surface area contributed by atoms with Gasteiger partial charge in [-0.05, 0) is 36.1 Å². The van der Waals surface area contributed by atoms with Crippen LogP contribution in [-0.4, -0.2) is 25.6 Å². The SMILES string of the molecule is O=c1c(-c2nc3ccccc3s2)cn2c3c(c(NCCCn4ccnc4)c(F)cc13)Oc1ccc3ccccc3c1-2. The lowest BCUT2D eigenvalue weighted by molar-refractivity contribution is 0.473. The molecule has 9 heteroatoms. The third-order valence-electron chi connectivity index (χ3n) is 7.49. The number of hydrogen-bond acceptors (Lipinski definition) is 6. The number of rotatable bonds is 6. The van der Waals surface area contributed by atoms with Gasteiger partial charge in [0.2, 0.25) is 0 Å². The molecule has 8 rings (SSSR count). The number of aromatic nitrogens is 4. The number of nitrogens with one attached hydrogen (secondary N) is 1. The third kappa shape index (κ3) is 3.81. The van der Waals surface area contributed by atoms with E-state index in [1.54, 1.807) is 12.5 Å². The van der Waals surface area contributed by atoms with Crippen LogP contribution in [0.5, 0.6) is 11.5 Å². The summed E-state index contributed by atoms with van der Waals surface area (Å²) in [6.45, 7) is 1.25. The van der Waals surface area contributed by atoms with E-state index in [1.165, 1.54) is 17.4 Å². The highest BCUT2D eigenvalue weighted by Gasteiger charge is 2.29. The fourth-order valence-electron chi connectivity index (χ4n) is 5.58. The van der Waals surface area contributed by atoms with E-state index in [0.717, 1.165) is 39.6 Å². The van der Waals surface area contributed by atoms with Gasteiger partial charge in [0, 0.05) is 37.1 Å². The summed E-state index contributed by atoms with van der Waals surface area (Å²) in [6, 6.07) is 21.0. The molecule has 7 aromatic rings. The number of pyridine rings is 1. The number of thiazole rings is 1. The number of imidazole rings is 1. The van der Waals surface area contributed by atoms with Crippen molar-refractivity contribution < 1.29 is 9.13 Å². The standard InChI is InChI=1S/C32H22FN5O2S/c33-23-16-21-29-31(27(23)35-12-5-14-37-15-13-34-18-37)40-25-11-10-19-6-1-2-7-20(19)28(25)38(29)17-22(30(21)39)32-36-24-8-3-4-9-26(24)41-32/h1-4,6-11,13,15-18,35H,5,12,14H2.